The topological polar surface area (TPSA) is 66.8 Å². The number of halogens is 1. The minimum Gasteiger partial charge on any atom is -0.481 e. The van der Waals surface area contributed by atoms with Gasteiger partial charge in [0.05, 0.1) is 5.92 Å². The Balaban J connectivity index is 1.87. The Morgan fingerprint density at radius 2 is 1.89 bits per heavy atom. The lowest BCUT2D eigenvalue weighted by Gasteiger charge is -2.43. The van der Waals surface area contributed by atoms with E-state index in [0.717, 1.165) is 17.5 Å². The lowest BCUT2D eigenvalue weighted by atomic mass is 9.76. The second kappa shape index (κ2) is 7.81. The molecule has 1 aromatic carbocycles. The number of nitrogens with zero attached hydrogens (tertiary/aromatic N) is 1. The van der Waals surface area contributed by atoms with Crippen molar-refractivity contribution >= 4 is 40.7 Å². The molecule has 2 bridgehead atoms. The summed E-state index contributed by atoms with van der Waals surface area (Å²) in [5.41, 5.74) is 1.54. The number of ether oxygens (including phenoxy) is 1. The number of piperidine rings is 1. The number of rotatable bonds is 3. The summed E-state index contributed by atoms with van der Waals surface area (Å²) in [4.78, 5) is 26.6. The molecule has 2 heterocycles. The van der Waals surface area contributed by atoms with Gasteiger partial charge in [0.25, 0.3) is 0 Å². The molecule has 2 aliphatic heterocycles. The van der Waals surface area contributed by atoms with Crippen LogP contribution in [0.2, 0.25) is 0 Å². The molecule has 1 amide bonds. The Labute approximate surface area is 173 Å². The molecule has 0 unspecified atom stereocenters. The van der Waals surface area contributed by atoms with Crippen molar-refractivity contribution in [1.82, 2.24) is 4.90 Å². The third-order valence-electron chi connectivity index (χ3n) is 5.43. The van der Waals surface area contributed by atoms with Crippen LogP contribution in [0.3, 0.4) is 0 Å². The fraction of sp³-hybridized carbons (Fsp3) is 0.524. The van der Waals surface area contributed by atoms with Crippen LogP contribution in [0, 0.1) is 5.92 Å². The highest BCUT2D eigenvalue weighted by Crippen LogP contribution is 2.47. The van der Waals surface area contributed by atoms with Gasteiger partial charge in [-0.1, -0.05) is 46.9 Å². The number of carbonyl (C=O) groups excluding carboxylic acids is 1. The first-order chi connectivity index (χ1) is 12.7. The number of amides is 1. The molecular weight excluding hydrogens is 457 g/mol. The first-order valence-electron chi connectivity index (χ1n) is 9.32. The molecule has 0 saturated carbocycles. The molecule has 2 saturated heterocycles. The van der Waals surface area contributed by atoms with Crippen molar-refractivity contribution in [2.75, 3.05) is 0 Å². The standard InChI is InChI=1S/C21H26INO4/c1-21(2,3)27-20(26)23-15-8-9-17(23)18(19(24)25)16(12-15)14-6-4-13(5-7-14)10-11-22/h4-7,10-11,15-18H,8-9,12H2,1-3H3,(H,24,25)/b11-10-/t15-,16+,17+,18-/m0/s1. The highest BCUT2D eigenvalue weighted by atomic mass is 127. The van der Waals surface area contributed by atoms with Crippen LogP contribution in [0.4, 0.5) is 4.79 Å². The number of carboxylic acid groups (broad SMARTS) is 1. The average Bonchev–Trinajstić information content (AvgIpc) is 2.87. The molecule has 1 N–H and O–H groups in total. The van der Waals surface area contributed by atoms with Crippen molar-refractivity contribution in [2.45, 2.75) is 63.6 Å². The van der Waals surface area contributed by atoms with E-state index in [0.29, 0.717) is 12.8 Å². The molecule has 0 aromatic heterocycles. The average molecular weight is 483 g/mol. The molecule has 4 atom stereocenters. The van der Waals surface area contributed by atoms with E-state index in [1.807, 2.05) is 55.2 Å². The smallest absolute Gasteiger partial charge is 0.410 e. The van der Waals surface area contributed by atoms with E-state index < -0.39 is 17.5 Å². The maximum Gasteiger partial charge on any atom is 0.410 e. The van der Waals surface area contributed by atoms with Crippen LogP contribution in [0.25, 0.3) is 6.08 Å². The molecule has 146 valence electrons. The number of carboxylic acids is 1. The maximum atomic E-state index is 12.7. The first-order valence-corrected chi connectivity index (χ1v) is 10.6. The Hall–Kier alpha value is -1.57. The van der Waals surface area contributed by atoms with Crippen LogP contribution in [0.15, 0.2) is 28.3 Å². The second-order valence-corrected chi connectivity index (χ2v) is 9.07. The summed E-state index contributed by atoms with van der Waals surface area (Å²) >= 11 is 2.18. The molecule has 1 aromatic rings. The Morgan fingerprint density at radius 3 is 2.44 bits per heavy atom. The van der Waals surface area contributed by atoms with E-state index in [2.05, 4.69) is 22.6 Å². The summed E-state index contributed by atoms with van der Waals surface area (Å²) < 4.78 is 7.51. The molecule has 27 heavy (non-hydrogen) atoms. The summed E-state index contributed by atoms with van der Waals surface area (Å²) in [5, 5.41) is 9.97. The predicted molar refractivity (Wildman–Crippen MR) is 113 cm³/mol. The van der Waals surface area contributed by atoms with Gasteiger partial charge in [0.2, 0.25) is 0 Å². The number of benzene rings is 1. The zero-order chi connectivity index (χ0) is 19.8. The van der Waals surface area contributed by atoms with Gasteiger partial charge in [0, 0.05) is 18.0 Å². The number of carbonyl (C=O) groups is 2. The number of hydrogen-bond acceptors (Lipinski definition) is 3. The van der Waals surface area contributed by atoms with E-state index in [1.165, 1.54) is 0 Å². The van der Waals surface area contributed by atoms with Gasteiger partial charge in [-0.2, -0.15) is 0 Å². The molecule has 5 nitrogen and oxygen atoms in total. The molecule has 3 rings (SSSR count). The van der Waals surface area contributed by atoms with Crippen LogP contribution in [0.5, 0.6) is 0 Å². The van der Waals surface area contributed by atoms with Crippen LogP contribution in [-0.2, 0) is 9.53 Å². The third-order valence-corrected chi connectivity index (χ3v) is 5.79. The van der Waals surface area contributed by atoms with Gasteiger partial charge in [0.15, 0.2) is 0 Å². The Bertz CT molecular complexity index is 738. The number of fused-ring (bicyclic) bond motifs is 2. The summed E-state index contributed by atoms with van der Waals surface area (Å²) in [6.45, 7) is 5.50. The monoisotopic (exact) mass is 483 g/mol. The highest BCUT2D eigenvalue weighted by Gasteiger charge is 2.53. The molecule has 0 aliphatic carbocycles. The van der Waals surface area contributed by atoms with Gasteiger partial charge in [-0.05, 0) is 61.3 Å². The molecule has 2 aliphatic rings. The minimum atomic E-state index is -0.838. The molecule has 6 heteroatoms. The van der Waals surface area contributed by atoms with E-state index in [4.69, 9.17) is 4.74 Å². The summed E-state index contributed by atoms with van der Waals surface area (Å²) in [6.07, 6.45) is 3.83. The maximum absolute atomic E-state index is 12.7. The molecular formula is C21H26INO4. The summed E-state index contributed by atoms with van der Waals surface area (Å²) in [6, 6.07) is 7.82. The first kappa shape index (κ1) is 20.2. The van der Waals surface area contributed by atoms with Gasteiger partial charge < -0.3 is 14.7 Å². The fourth-order valence-corrected chi connectivity index (χ4v) is 4.83. The predicted octanol–water partition coefficient (Wildman–Crippen LogP) is 5.05. The quantitative estimate of drug-likeness (QED) is 0.612. The third kappa shape index (κ3) is 4.31. The van der Waals surface area contributed by atoms with Crippen molar-refractivity contribution < 1.29 is 19.4 Å². The second-order valence-electron chi connectivity index (χ2n) is 8.35. The Morgan fingerprint density at radius 1 is 1.22 bits per heavy atom. The molecule has 0 spiro atoms. The van der Waals surface area contributed by atoms with Crippen molar-refractivity contribution in [3.63, 3.8) is 0 Å². The van der Waals surface area contributed by atoms with Crippen molar-refractivity contribution in [3.8, 4) is 0 Å². The van der Waals surface area contributed by atoms with Crippen molar-refractivity contribution in [1.29, 1.82) is 0 Å². The summed E-state index contributed by atoms with van der Waals surface area (Å²) in [7, 11) is 0. The van der Waals surface area contributed by atoms with Gasteiger partial charge >= 0.3 is 12.1 Å². The molecule has 2 fully saturated rings. The number of hydrogen-bond donors (Lipinski definition) is 1. The fourth-order valence-electron chi connectivity index (χ4n) is 4.41. The highest BCUT2D eigenvalue weighted by molar-refractivity contribution is 14.1. The summed E-state index contributed by atoms with van der Waals surface area (Å²) in [5.74, 6) is -1.53. The molecule has 0 radical (unpaired) electrons. The van der Waals surface area contributed by atoms with E-state index >= 15 is 0 Å². The van der Waals surface area contributed by atoms with Crippen LogP contribution in [-0.4, -0.2) is 39.8 Å². The largest absolute Gasteiger partial charge is 0.481 e. The van der Waals surface area contributed by atoms with Gasteiger partial charge in [-0.25, -0.2) is 4.79 Å². The normalized spacial score (nSPS) is 27.8. The van der Waals surface area contributed by atoms with E-state index in [1.54, 1.807) is 4.90 Å². The Kier molecular flexibility index (Phi) is 5.84. The van der Waals surface area contributed by atoms with Crippen molar-refractivity contribution in [2.24, 2.45) is 5.92 Å². The van der Waals surface area contributed by atoms with Crippen LogP contribution < -0.4 is 0 Å². The van der Waals surface area contributed by atoms with Gasteiger partial charge in [0.1, 0.15) is 5.60 Å². The van der Waals surface area contributed by atoms with Gasteiger partial charge in [-0.15, -0.1) is 0 Å². The minimum absolute atomic E-state index is 0.0411. The van der Waals surface area contributed by atoms with Gasteiger partial charge in [-0.3, -0.25) is 4.79 Å². The van der Waals surface area contributed by atoms with E-state index in [-0.39, 0.29) is 24.1 Å². The van der Waals surface area contributed by atoms with Crippen molar-refractivity contribution in [3.05, 3.63) is 39.5 Å². The number of aliphatic carboxylic acids is 1. The SMILES string of the molecule is CC(C)(C)OC(=O)N1[C@H]2CC[C@@H]1[C@@H](C(=O)O)[C@@H](c1ccc(/C=C\I)cc1)C2. The zero-order valence-electron chi connectivity index (χ0n) is 15.9. The van der Waals surface area contributed by atoms with Crippen LogP contribution in [0.1, 0.15) is 57.1 Å². The van der Waals surface area contributed by atoms with Crippen LogP contribution >= 0.6 is 22.6 Å². The zero-order valence-corrected chi connectivity index (χ0v) is 18.0. The lowest BCUT2D eigenvalue weighted by Crippen LogP contribution is -2.54. The van der Waals surface area contributed by atoms with E-state index in [9.17, 15) is 14.7 Å². The lowest BCUT2D eigenvalue weighted by molar-refractivity contribution is -0.146.